The lowest BCUT2D eigenvalue weighted by Crippen LogP contribution is -2.26. The van der Waals surface area contributed by atoms with E-state index in [1.54, 1.807) is 18.6 Å². The summed E-state index contributed by atoms with van der Waals surface area (Å²) >= 11 is 0. The first-order valence-electron chi connectivity index (χ1n) is 8.34. The van der Waals surface area contributed by atoms with Crippen molar-refractivity contribution < 1.29 is 9.78 Å². The number of primary amides is 1. The number of nitrogens with zero attached hydrogens (tertiary/aromatic N) is 3. The number of aryl methyl sites for hydroxylation is 1. The van der Waals surface area contributed by atoms with Gasteiger partial charge in [-0.2, -0.15) is 4.40 Å². The molecule has 4 rings (SSSR count). The van der Waals surface area contributed by atoms with Crippen LogP contribution in [0.3, 0.4) is 0 Å². The van der Waals surface area contributed by atoms with E-state index in [0.717, 1.165) is 11.1 Å². The number of fused-ring (bicyclic) bond motifs is 2. The van der Waals surface area contributed by atoms with Crippen molar-refractivity contribution in [2.45, 2.75) is 13.5 Å². The van der Waals surface area contributed by atoms with E-state index in [0.29, 0.717) is 29.0 Å². The molecule has 0 radical (unpaired) electrons. The van der Waals surface area contributed by atoms with Gasteiger partial charge in [-0.25, -0.2) is 9.78 Å². The predicted octanol–water partition coefficient (Wildman–Crippen LogP) is 1.08. The summed E-state index contributed by atoms with van der Waals surface area (Å²) in [7, 11) is 0. The van der Waals surface area contributed by atoms with Gasteiger partial charge in [0.15, 0.2) is 0 Å². The molecule has 0 saturated heterocycles. The van der Waals surface area contributed by atoms with E-state index < -0.39 is 5.91 Å². The maximum atomic E-state index is 12.8. The Morgan fingerprint density at radius 3 is 2.93 bits per heavy atom. The van der Waals surface area contributed by atoms with Crippen LogP contribution in [0.15, 0.2) is 53.7 Å². The summed E-state index contributed by atoms with van der Waals surface area (Å²) in [6.07, 6.45) is 5.13. The number of carbonyl (C=O) groups is 1. The summed E-state index contributed by atoms with van der Waals surface area (Å²) in [5, 5.41) is 3.39. The average Bonchev–Trinajstić information content (AvgIpc) is 2.67. The molecule has 0 saturated carbocycles. The summed E-state index contributed by atoms with van der Waals surface area (Å²) in [5.41, 5.74) is 8.25. The summed E-state index contributed by atoms with van der Waals surface area (Å²) in [4.78, 5) is 36.4. The van der Waals surface area contributed by atoms with Crippen molar-refractivity contribution in [3.05, 3.63) is 76.0 Å². The molecule has 27 heavy (non-hydrogen) atoms. The second-order valence-corrected chi connectivity index (χ2v) is 6.25. The van der Waals surface area contributed by atoms with E-state index in [2.05, 4.69) is 20.3 Å². The van der Waals surface area contributed by atoms with Crippen molar-refractivity contribution in [3.8, 4) is 0 Å². The van der Waals surface area contributed by atoms with Crippen molar-refractivity contribution in [2.24, 2.45) is 5.73 Å². The highest BCUT2D eigenvalue weighted by molar-refractivity contribution is 6.00. The molecule has 8 heteroatoms. The summed E-state index contributed by atoms with van der Waals surface area (Å²) in [6.45, 7) is 2.31. The lowest BCUT2D eigenvalue weighted by Gasteiger charge is -2.07. The minimum atomic E-state index is -0.660. The molecular formula is C19H17N6O2+. The number of aromatic nitrogens is 4. The number of pyridine rings is 3. The monoisotopic (exact) mass is 361 g/mol. The van der Waals surface area contributed by atoms with E-state index in [-0.39, 0.29) is 11.1 Å². The number of hydrogen-bond donors (Lipinski definition) is 2. The molecule has 134 valence electrons. The number of H-pyrrole nitrogens is 1. The Hall–Kier alpha value is -3.81. The number of carbonyl (C=O) groups excluding carboxylic acids is 1. The van der Waals surface area contributed by atoms with Crippen LogP contribution in [-0.4, -0.2) is 20.3 Å². The maximum absolute atomic E-state index is 12.8. The van der Waals surface area contributed by atoms with Gasteiger partial charge >= 0.3 is 5.56 Å². The Balaban J connectivity index is 1.87. The first-order chi connectivity index (χ1) is 13.0. The standard InChI is InChI=1S/C19H16N6O2/c1-11-4-5-15-23-18-14(19(27)25(15)10-11)7-13(16(20)26)17(24-18)22-9-12-3-2-6-21-8-12/h2-8,10H,9H2,1H3,(H2,20,26)(H,22,24)/p+1. The minimum absolute atomic E-state index is 0.157. The second-order valence-electron chi connectivity index (χ2n) is 6.25. The molecule has 4 aromatic heterocycles. The Kier molecular flexibility index (Phi) is 4.00. The van der Waals surface area contributed by atoms with Gasteiger partial charge in [0.1, 0.15) is 5.39 Å². The first-order valence-corrected chi connectivity index (χ1v) is 8.34. The lowest BCUT2D eigenvalue weighted by molar-refractivity contribution is -0.319. The summed E-state index contributed by atoms with van der Waals surface area (Å²) in [5.74, 6) is -0.349. The van der Waals surface area contributed by atoms with Crippen LogP contribution in [0.2, 0.25) is 0 Å². The smallest absolute Gasteiger partial charge is 0.325 e. The number of rotatable bonds is 4. The van der Waals surface area contributed by atoms with Crippen molar-refractivity contribution in [3.63, 3.8) is 0 Å². The largest absolute Gasteiger partial charge is 0.365 e. The highest BCUT2D eigenvalue weighted by Gasteiger charge is 2.20. The number of hydrogen-bond acceptors (Lipinski definition) is 5. The third-order valence-electron chi connectivity index (χ3n) is 4.26. The van der Waals surface area contributed by atoms with Crippen LogP contribution in [0.1, 0.15) is 21.5 Å². The molecule has 4 N–H and O–H groups in total. The first kappa shape index (κ1) is 16.6. The van der Waals surface area contributed by atoms with Gasteiger partial charge in [-0.05, 0) is 36.2 Å². The zero-order chi connectivity index (χ0) is 19.0. The van der Waals surface area contributed by atoms with Crippen LogP contribution in [0, 0.1) is 6.92 Å². The van der Waals surface area contributed by atoms with Crippen LogP contribution < -0.4 is 21.6 Å². The lowest BCUT2D eigenvalue weighted by atomic mass is 10.2. The molecule has 4 heterocycles. The zero-order valence-corrected chi connectivity index (χ0v) is 14.6. The molecule has 8 nitrogen and oxygen atoms in total. The minimum Gasteiger partial charge on any atom is -0.365 e. The Morgan fingerprint density at radius 2 is 2.19 bits per heavy atom. The molecule has 0 aliphatic rings. The Labute approximate surface area is 153 Å². The highest BCUT2D eigenvalue weighted by atomic mass is 16.1. The maximum Gasteiger partial charge on any atom is 0.325 e. The SMILES string of the molecule is Cc1ccc2[nH+]c3nc(NCc4cccnc4)c(C(N)=O)cc3c(=O)n2c1. The zero-order valence-electron chi connectivity index (χ0n) is 14.6. The fraction of sp³-hybridized carbons (Fsp3) is 0.105. The number of nitrogens with one attached hydrogen (secondary N) is 2. The van der Waals surface area contributed by atoms with E-state index in [4.69, 9.17) is 5.73 Å². The highest BCUT2D eigenvalue weighted by Crippen LogP contribution is 2.17. The number of aromatic amines is 1. The van der Waals surface area contributed by atoms with Crippen LogP contribution in [0.25, 0.3) is 16.7 Å². The molecule has 0 aliphatic heterocycles. The molecule has 0 unspecified atom stereocenters. The van der Waals surface area contributed by atoms with Gasteiger partial charge in [0.05, 0.1) is 11.8 Å². The predicted molar refractivity (Wildman–Crippen MR) is 100 cm³/mol. The number of amides is 1. The summed E-state index contributed by atoms with van der Waals surface area (Å²) in [6, 6.07) is 8.91. The fourth-order valence-electron chi connectivity index (χ4n) is 2.91. The van der Waals surface area contributed by atoms with Crippen LogP contribution >= 0.6 is 0 Å². The fourth-order valence-corrected chi connectivity index (χ4v) is 2.91. The van der Waals surface area contributed by atoms with Crippen molar-refractivity contribution in [1.29, 1.82) is 0 Å². The normalized spacial score (nSPS) is 11.0. The molecule has 0 atom stereocenters. The molecular weight excluding hydrogens is 344 g/mol. The quantitative estimate of drug-likeness (QED) is 0.528. The Morgan fingerprint density at radius 1 is 1.33 bits per heavy atom. The van der Waals surface area contributed by atoms with Crippen molar-refractivity contribution in [1.82, 2.24) is 14.4 Å². The van der Waals surface area contributed by atoms with Crippen LogP contribution in [-0.2, 0) is 6.54 Å². The third-order valence-corrected chi connectivity index (χ3v) is 4.26. The number of nitrogens with two attached hydrogens (primary N) is 1. The van der Waals surface area contributed by atoms with Gasteiger partial charge in [-0.3, -0.25) is 9.78 Å². The van der Waals surface area contributed by atoms with E-state index in [1.807, 2.05) is 31.2 Å². The van der Waals surface area contributed by atoms with Crippen molar-refractivity contribution in [2.75, 3.05) is 5.32 Å². The molecule has 0 aromatic carbocycles. The second kappa shape index (κ2) is 6.49. The van der Waals surface area contributed by atoms with Crippen LogP contribution in [0.4, 0.5) is 5.82 Å². The van der Waals surface area contributed by atoms with E-state index in [9.17, 15) is 9.59 Å². The topological polar surface area (TPSA) is 117 Å². The average molecular weight is 361 g/mol. The molecule has 0 bridgehead atoms. The van der Waals surface area contributed by atoms with Crippen LogP contribution in [0.5, 0.6) is 0 Å². The third kappa shape index (κ3) is 3.08. The summed E-state index contributed by atoms with van der Waals surface area (Å²) < 4.78 is 1.49. The number of anilines is 1. The van der Waals surface area contributed by atoms with E-state index in [1.165, 1.54) is 10.5 Å². The Bertz CT molecular complexity index is 1230. The van der Waals surface area contributed by atoms with Gasteiger partial charge < -0.3 is 11.1 Å². The van der Waals surface area contributed by atoms with Gasteiger partial charge in [0.25, 0.3) is 11.6 Å². The molecule has 1 amide bonds. The molecule has 4 aromatic rings. The van der Waals surface area contributed by atoms with E-state index >= 15 is 0 Å². The van der Waals surface area contributed by atoms with Gasteiger partial charge in [-0.1, -0.05) is 11.1 Å². The van der Waals surface area contributed by atoms with Crippen molar-refractivity contribution >= 4 is 28.4 Å². The van der Waals surface area contributed by atoms with Gasteiger partial charge in [0, 0.05) is 25.0 Å². The molecule has 0 aliphatic carbocycles. The van der Waals surface area contributed by atoms with Gasteiger partial charge in [0.2, 0.25) is 11.5 Å². The molecule has 0 fully saturated rings. The van der Waals surface area contributed by atoms with Gasteiger partial charge in [-0.15, -0.1) is 0 Å². The molecule has 0 spiro atoms.